The van der Waals surface area contributed by atoms with Crippen molar-refractivity contribution in [2.24, 2.45) is 0 Å². The number of hydrogen-bond donors (Lipinski definition) is 3. The van der Waals surface area contributed by atoms with Crippen molar-refractivity contribution in [1.29, 1.82) is 0 Å². The molecule has 0 aromatic rings. The van der Waals surface area contributed by atoms with Crippen LogP contribution in [0.2, 0.25) is 0 Å². The van der Waals surface area contributed by atoms with Crippen LogP contribution in [0.3, 0.4) is 0 Å². The van der Waals surface area contributed by atoms with Crippen LogP contribution in [0.15, 0.2) is 12.3 Å². The second-order valence-corrected chi connectivity index (χ2v) is 5.25. The molecule has 0 heterocycles. The van der Waals surface area contributed by atoms with Crippen molar-refractivity contribution in [1.82, 2.24) is 0 Å². The van der Waals surface area contributed by atoms with E-state index in [-0.39, 0.29) is 61.7 Å². The number of unbranched alkanes of at least 4 members (excludes halogenated alkanes) is 4. The van der Waals surface area contributed by atoms with Gasteiger partial charge in [0, 0.05) is 0 Å². The number of allylic oxidation sites excluding steroid dienone is 1. The fourth-order valence-corrected chi connectivity index (χ4v) is 1.15. The van der Waals surface area contributed by atoms with Gasteiger partial charge >= 0.3 is 60.8 Å². The first-order valence-electron chi connectivity index (χ1n) is 6.58. The van der Waals surface area contributed by atoms with Crippen molar-refractivity contribution < 1.29 is 38.6 Å². The molecular weight excluding hydrogens is 438 g/mol. The molecule has 0 aliphatic rings. The largest absolute Gasteiger partial charge is 2.00 e. The summed E-state index contributed by atoms with van der Waals surface area (Å²) in [4.78, 5) is 52.9. The summed E-state index contributed by atoms with van der Waals surface area (Å²) < 4.78 is 4.72. The third-order valence-electron chi connectivity index (χ3n) is 2.06. The van der Waals surface area contributed by atoms with Crippen LogP contribution in [-0.4, -0.2) is 84.6 Å². The molecule has 22 heavy (non-hydrogen) atoms. The molecule has 0 rings (SSSR count). The first-order chi connectivity index (χ1) is 9.66. The first-order valence-corrected chi connectivity index (χ1v) is 8.29. The summed E-state index contributed by atoms with van der Waals surface area (Å²) in [5, 5.41) is 8.33. The number of carboxylic acids is 1. The van der Waals surface area contributed by atoms with Gasteiger partial charge in [-0.3, -0.25) is 9.59 Å². The van der Waals surface area contributed by atoms with Gasteiger partial charge < -0.3 is 29.0 Å². The molecule has 0 fully saturated rings. The van der Waals surface area contributed by atoms with Crippen LogP contribution in [0.5, 0.6) is 0 Å². The molecule has 0 unspecified atom stereocenters. The molecule has 0 aliphatic heterocycles. The minimum Gasteiger partial charge on any atom is -0.828 e. The van der Waals surface area contributed by atoms with Crippen molar-refractivity contribution in [2.45, 2.75) is 51.9 Å². The molecule has 0 bridgehead atoms. The summed E-state index contributed by atoms with van der Waals surface area (Å²) in [6.07, 6.45) is 8.51. The molecule has 0 aromatic heterocycles. The predicted octanol–water partition coefficient (Wildman–Crippen LogP) is -1.38. The average molecular weight is 460 g/mol. The van der Waals surface area contributed by atoms with E-state index in [1.54, 1.807) is 6.08 Å². The normalized spacial score (nSPS) is 10.4. The molecule has 0 spiro atoms. The maximum absolute atomic E-state index is 10.9. The molecule has 0 atom stereocenters. The van der Waals surface area contributed by atoms with Crippen LogP contribution in [-0.2, 0) is 14.3 Å². The van der Waals surface area contributed by atoms with Crippen molar-refractivity contribution in [3.8, 4) is 0 Å². The minimum absolute atomic E-state index is 0. The van der Waals surface area contributed by atoms with E-state index in [0.717, 1.165) is 12.8 Å². The van der Waals surface area contributed by atoms with Gasteiger partial charge in [0.05, 0.1) is 19.1 Å². The van der Waals surface area contributed by atoms with Crippen molar-refractivity contribution >= 4 is 69.9 Å². The van der Waals surface area contributed by atoms with Crippen LogP contribution in [0.1, 0.15) is 51.9 Å². The maximum Gasteiger partial charge on any atom is 2.00 e. The zero-order chi connectivity index (χ0) is 16.7. The third kappa shape index (κ3) is 37.0. The second-order valence-electron chi connectivity index (χ2n) is 4.15. The Morgan fingerprint density at radius 1 is 1.14 bits per heavy atom. The standard InChI is InChI=1S/C12H20O4.Ba.H2O4Si/c1-2-3-4-5-6-7-10-16-12(15)9-8-11(13)14;;1-5(2,3)4/h7,10H,2-6,8-9H2,1H3,(H,13,14);;1-2H/q;+2;-2. The molecule has 3 N–H and O–H groups in total. The fraction of sp³-hybridized carbons (Fsp3) is 0.667. The van der Waals surface area contributed by atoms with Crippen molar-refractivity contribution in [2.75, 3.05) is 0 Å². The van der Waals surface area contributed by atoms with E-state index in [2.05, 4.69) is 6.92 Å². The van der Waals surface area contributed by atoms with Gasteiger partial charge in [0.1, 0.15) is 9.05 Å². The van der Waals surface area contributed by atoms with Gasteiger partial charge in [-0.2, -0.15) is 0 Å². The van der Waals surface area contributed by atoms with Gasteiger partial charge in [-0.15, -0.1) is 0 Å². The fourth-order valence-electron chi connectivity index (χ4n) is 1.15. The smallest absolute Gasteiger partial charge is 0.828 e. The number of carbonyl (C=O) groups is 2. The zero-order valence-corrected chi connectivity index (χ0v) is 18.1. The number of carbonyl (C=O) groups excluding carboxylic acids is 1. The molecule has 0 amide bonds. The van der Waals surface area contributed by atoms with Gasteiger partial charge in [0.15, 0.2) is 0 Å². The predicted molar refractivity (Wildman–Crippen MR) is 76.8 cm³/mol. The number of rotatable bonds is 9. The van der Waals surface area contributed by atoms with E-state index in [1.165, 1.54) is 25.5 Å². The Morgan fingerprint density at radius 2 is 1.68 bits per heavy atom. The van der Waals surface area contributed by atoms with Gasteiger partial charge in [0.25, 0.3) is 0 Å². The van der Waals surface area contributed by atoms with E-state index < -0.39 is 21.0 Å². The van der Waals surface area contributed by atoms with E-state index in [4.69, 9.17) is 29.0 Å². The summed E-state index contributed by atoms with van der Waals surface area (Å²) >= 11 is 0. The van der Waals surface area contributed by atoms with Crippen LogP contribution in [0, 0.1) is 0 Å². The Bertz CT molecular complexity index is 311. The molecule has 0 saturated carbocycles. The van der Waals surface area contributed by atoms with E-state index in [0.29, 0.717) is 0 Å². The van der Waals surface area contributed by atoms with Crippen LogP contribution in [0.4, 0.5) is 0 Å². The Hall–Kier alpha value is 0.308. The number of hydrogen-bond acceptors (Lipinski definition) is 7. The van der Waals surface area contributed by atoms with E-state index in [9.17, 15) is 9.59 Å². The van der Waals surface area contributed by atoms with Crippen LogP contribution in [0.25, 0.3) is 0 Å². The quantitative estimate of drug-likeness (QED) is 0.165. The molecule has 10 heteroatoms. The summed E-state index contributed by atoms with van der Waals surface area (Å²) in [5.74, 6) is -1.48. The topological polar surface area (TPSA) is 150 Å². The first kappa shape index (κ1) is 27.2. The SMILES string of the molecule is CCCCCCC=COC(=O)CCC(=O)O.[Ba+2].[O-][Si]([O-])(O)O. The van der Waals surface area contributed by atoms with Gasteiger partial charge in [-0.25, -0.2) is 0 Å². The number of carboxylic acid groups (broad SMARTS) is 1. The maximum atomic E-state index is 10.9. The molecule has 124 valence electrons. The number of aliphatic carboxylic acids is 1. The minimum atomic E-state index is -5.11. The summed E-state index contributed by atoms with van der Waals surface area (Å²) in [5.41, 5.74) is 0. The van der Waals surface area contributed by atoms with Gasteiger partial charge in [0.2, 0.25) is 0 Å². The Labute approximate surface area is 171 Å². The Kier molecular flexibility index (Phi) is 21.8. The summed E-state index contributed by atoms with van der Waals surface area (Å²) in [6, 6.07) is 0. The third-order valence-corrected chi connectivity index (χ3v) is 2.06. The zero-order valence-electron chi connectivity index (χ0n) is 12.7. The Balaban J connectivity index is -0.000000520. The molecule has 0 saturated heterocycles. The van der Waals surface area contributed by atoms with E-state index >= 15 is 0 Å². The number of ether oxygens (including phenoxy) is 1. The Morgan fingerprint density at radius 3 is 2.14 bits per heavy atom. The monoisotopic (exact) mass is 460 g/mol. The van der Waals surface area contributed by atoms with E-state index in [1.807, 2.05) is 0 Å². The van der Waals surface area contributed by atoms with Gasteiger partial charge in [-0.05, 0) is 18.9 Å². The number of esters is 1. The summed E-state index contributed by atoms with van der Waals surface area (Å²) in [7, 11) is -5.11. The molecule has 0 aromatic carbocycles. The van der Waals surface area contributed by atoms with Crippen LogP contribution >= 0.6 is 0 Å². The molecular formula is C12H22BaO8Si. The molecule has 8 nitrogen and oxygen atoms in total. The molecule has 0 aliphatic carbocycles. The van der Waals surface area contributed by atoms with Crippen molar-refractivity contribution in [3.05, 3.63) is 12.3 Å². The van der Waals surface area contributed by atoms with Crippen molar-refractivity contribution in [3.63, 3.8) is 0 Å². The van der Waals surface area contributed by atoms with Crippen LogP contribution < -0.4 is 9.59 Å². The second kappa shape index (κ2) is 17.7. The average Bonchev–Trinajstić information content (AvgIpc) is 2.33. The summed E-state index contributed by atoms with van der Waals surface area (Å²) in [6.45, 7) is 2.15. The molecule has 0 radical (unpaired) electrons. The van der Waals surface area contributed by atoms with Gasteiger partial charge in [-0.1, -0.05) is 26.2 Å².